The van der Waals surface area contributed by atoms with E-state index in [4.69, 9.17) is 5.73 Å². The smallest absolute Gasteiger partial charge is 0.0701 e. The van der Waals surface area contributed by atoms with Crippen molar-refractivity contribution in [2.75, 3.05) is 6.54 Å². The van der Waals surface area contributed by atoms with Crippen molar-refractivity contribution in [2.45, 2.75) is 32.1 Å². The lowest BCUT2D eigenvalue weighted by Gasteiger charge is -2.11. The molecule has 0 aromatic carbocycles. The number of fused-ring (bicyclic) bond motifs is 3. The van der Waals surface area contributed by atoms with E-state index in [1.54, 1.807) is 0 Å². The Balaban J connectivity index is 2.20. The highest BCUT2D eigenvalue weighted by molar-refractivity contribution is 5.61. The highest BCUT2D eigenvalue weighted by atomic mass is 15.2. The zero-order chi connectivity index (χ0) is 11.1. The van der Waals surface area contributed by atoms with Gasteiger partial charge in [-0.05, 0) is 61.9 Å². The maximum absolute atomic E-state index is 5.69. The minimum Gasteiger partial charge on any atom is -0.330 e. The Hall–Kier alpha value is -1.35. The van der Waals surface area contributed by atoms with E-state index in [1.165, 1.54) is 29.5 Å². The van der Waals surface area contributed by atoms with Gasteiger partial charge in [0.05, 0.1) is 11.2 Å². The number of nitrogens with two attached hydrogens (primary N) is 1. The van der Waals surface area contributed by atoms with E-state index in [0.29, 0.717) is 5.92 Å². The molecule has 0 spiro atoms. The van der Waals surface area contributed by atoms with Crippen molar-refractivity contribution in [3.63, 3.8) is 0 Å². The van der Waals surface area contributed by atoms with Crippen molar-refractivity contribution in [1.82, 2.24) is 9.61 Å². The number of hydrogen-bond donors (Lipinski definition) is 1. The molecule has 1 aliphatic carbocycles. The molecule has 0 aliphatic heterocycles. The molecule has 3 heteroatoms. The van der Waals surface area contributed by atoms with Crippen LogP contribution in [0.4, 0.5) is 0 Å². The maximum Gasteiger partial charge on any atom is 0.0701 e. The summed E-state index contributed by atoms with van der Waals surface area (Å²) < 4.78 is 2.00. The summed E-state index contributed by atoms with van der Waals surface area (Å²) in [5.74, 6) is 0.639. The molecule has 0 radical (unpaired) electrons. The number of nitrogens with zero attached hydrogens (tertiary/aromatic N) is 2. The summed E-state index contributed by atoms with van der Waals surface area (Å²) in [5.41, 5.74) is 11.1. The van der Waals surface area contributed by atoms with Gasteiger partial charge in [-0.1, -0.05) is 0 Å². The zero-order valence-corrected chi connectivity index (χ0v) is 9.61. The first-order chi connectivity index (χ1) is 7.79. The first-order valence-corrected chi connectivity index (χ1v) is 5.97. The SMILES string of the molecule is Cc1cc2c3c(ccn2n1)CCC3CCN. The fourth-order valence-electron chi connectivity index (χ4n) is 2.90. The molecule has 1 aliphatic rings. The number of rotatable bonds is 2. The Bertz CT molecular complexity index is 525. The lowest BCUT2D eigenvalue weighted by atomic mass is 9.97. The van der Waals surface area contributed by atoms with Gasteiger partial charge in [0, 0.05) is 6.20 Å². The Morgan fingerprint density at radius 3 is 3.25 bits per heavy atom. The third-order valence-electron chi connectivity index (χ3n) is 3.58. The van der Waals surface area contributed by atoms with E-state index in [-0.39, 0.29) is 0 Å². The van der Waals surface area contributed by atoms with Crippen molar-refractivity contribution < 1.29 is 0 Å². The summed E-state index contributed by atoms with van der Waals surface area (Å²) in [4.78, 5) is 0. The van der Waals surface area contributed by atoms with Gasteiger partial charge < -0.3 is 5.73 Å². The summed E-state index contributed by atoms with van der Waals surface area (Å²) >= 11 is 0. The monoisotopic (exact) mass is 215 g/mol. The Morgan fingerprint density at radius 2 is 2.44 bits per heavy atom. The van der Waals surface area contributed by atoms with E-state index in [2.05, 4.69) is 23.4 Å². The molecule has 0 fully saturated rings. The second-order valence-corrected chi connectivity index (χ2v) is 4.68. The van der Waals surface area contributed by atoms with E-state index >= 15 is 0 Å². The second kappa shape index (κ2) is 3.59. The molecule has 0 bridgehead atoms. The van der Waals surface area contributed by atoms with Crippen LogP contribution in [-0.2, 0) is 6.42 Å². The van der Waals surface area contributed by atoms with Crippen LogP contribution in [0.1, 0.15) is 35.6 Å². The van der Waals surface area contributed by atoms with Crippen LogP contribution in [-0.4, -0.2) is 16.2 Å². The van der Waals surface area contributed by atoms with Crippen molar-refractivity contribution in [3.8, 4) is 0 Å². The Labute approximate surface area is 95.3 Å². The molecule has 3 nitrogen and oxygen atoms in total. The fraction of sp³-hybridized carbons (Fsp3) is 0.462. The average Bonchev–Trinajstić information content (AvgIpc) is 2.81. The highest BCUT2D eigenvalue weighted by Gasteiger charge is 2.24. The molecular weight excluding hydrogens is 198 g/mol. The summed E-state index contributed by atoms with van der Waals surface area (Å²) in [7, 11) is 0. The molecule has 3 rings (SSSR count). The molecule has 2 N–H and O–H groups in total. The van der Waals surface area contributed by atoms with Gasteiger partial charge in [0.25, 0.3) is 0 Å². The third-order valence-corrected chi connectivity index (χ3v) is 3.58. The lowest BCUT2D eigenvalue weighted by Crippen LogP contribution is -2.05. The first kappa shape index (κ1) is 9.85. The molecule has 84 valence electrons. The molecule has 0 saturated carbocycles. The third kappa shape index (κ3) is 1.35. The fourth-order valence-corrected chi connectivity index (χ4v) is 2.90. The van der Waals surface area contributed by atoms with E-state index in [9.17, 15) is 0 Å². The van der Waals surface area contributed by atoms with E-state index in [1.807, 2.05) is 11.4 Å². The maximum atomic E-state index is 5.69. The molecule has 2 aromatic heterocycles. The number of aromatic nitrogens is 2. The molecule has 1 unspecified atom stereocenters. The molecule has 0 saturated heterocycles. The van der Waals surface area contributed by atoms with Gasteiger partial charge in [0.1, 0.15) is 0 Å². The normalized spacial score (nSPS) is 19.2. The van der Waals surface area contributed by atoms with Crippen LogP contribution >= 0.6 is 0 Å². The quantitative estimate of drug-likeness (QED) is 0.833. The van der Waals surface area contributed by atoms with Gasteiger partial charge in [-0.15, -0.1) is 0 Å². The van der Waals surface area contributed by atoms with Crippen LogP contribution in [0.25, 0.3) is 5.52 Å². The predicted molar refractivity (Wildman–Crippen MR) is 64.7 cm³/mol. The largest absolute Gasteiger partial charge is 0.330 e. The summed E-state index contributed by atoms with van der Waals surface area (Å²) in [6, 6.07) is 4.40. The molecule has 2 heterocycles. The predicted octanol–water partition coefficient (Wildman–Crippen LogP) is 2.02. The van der Waals surface area contributed by atoms with Crippen LogP contribution in [0.5, 0.6) is 0 Å². The summed E-state index contributed by atoms with van der Waals surface area (Å²) in [5, 5.41) is 4.47. The van der Waals surface area contributed by atoms with Gasteiger partial charge in [-0.3, -0.25) is 0 Å². The van der Waals surface area contributed by atoms with Crippen LogP contribution < -0.4 is 5.73 Å². The lowest BCUT2D eigenvalue weighted by molar-refractivity contribution is 0.629. The molecule has 1 atom stereocenters. The zero-order valence-electron chi connectivity index (χ0n) is 9.61. The van der Waals surface area contributed by atoms with Gasteiger partial charge in [-0.25, -0.2) is 4.52 Å². The number of pyridine rings is 1. The van der Waals surface area contributed by atoms with E-state index in [0.717, 1.165) is 18.7 Å². The van der Waals surface area contributed by atoms with E-state index < -0.39 is 0 Å². The Kier molecular flexibility index (Phi) is 2.21. The number of aryl methyl sites for hydroxylation is 2. The Morgan fingerprint density at radius 1 is 1.56 bits per heavy atom. The first-order valence-electron chi connectivity index (χ1n) is 5.97. The second-order valence-electron chi connectivity index (χ2n) is 4.68. The minimum absolute atomic E-state index is 0.639. The van der Waals surface area contributed by atoms with Crippen molar-refractivity contribution >= 4 is 5.52 Å². The number of hydrogen-bond acceptors (Lipinski definition) is 2. The van der Waals surface area contributed by atoms with Crippen molar-refractivity contribution in [2.24, 2.45) is 5.73 Å². The van der Waals surface area contributed by atoms with Crippen LogP contribution in [0.3, 0.4) is 0 Å². The van der Waals surface area contributed by atoms with Crippen LogP contribution in [0, 0.1) is 6.92 Å². The summed E-state index contributed by atoms with van der Waals surface area (Å²) in [6.45, 7) is 2.82. The van der Waals surface area contributed by atoms with Gasteiger partial charge >= 0.3 is 0 Å². The average molecular weight is 215 g/mol. The van der Waals surface area contributed by atoms with Crippen LogP contribution in [0.15, 0.2) is 18.3 Å². The molecular formula is C13H17N3. The van der Waals surface area contributed by atoms with Gasteiger partial charge in [0.15, 0.2) is 0 Å². The molecule has 0 amide bonds. The molecule has 2 aromatic rings. The van der Waals surface area contributed by atoms with Crippen LogP contribution in [0.2, 0.25) is 0 Å². The van der Waals surface area contributed by atoms with Gasteiger partial charge in [0.2, 0.25) is 0 Å². The standard InChI is InChI=1S/C13H17N3/c1-9-8-12-13-10(4-6-14)2-3-11(13)5-7-16(12)15-9/h5,7-8,10H,2-4,6,14H2,1H3. The topological polar surface area (TPSA) is 43.3 Å². The van der Waals surface area contributed by atoms with Gasteiger partial charge in [-0.2, -0.15) is 5.10 Å². The summed E-state index contributed by atoms with van der Waals surface area (Å²) in [6.07, 6.45) is 5.61. The van der Waals surface area contributed by atoms with Crippen molar-refractivity contribution in [1.29, 1.82) is 0 Å². The van der Waals surface area contributed by atoms with Crippen molar-refractivity contribution in [3.05, 3.63) is 35.2 Å². The highest BCUT2D eigenvalue weighted by Crippen LogP contribution is 2.37. The minimum atomic E-state index is 0.639. The molecule has 16 heavy (non-hydrogen) atoms.